The lowest BCUT2D eigenvalue weighted by atomic mass is 10.1. The Hall–Kier alpha value is -3.68. The number of amides is 2. The van der Waals surface area contributed by atoms with Gasteiger partial charge in [-0.05, 0) is 29.8 Å². The number of H-pyrrole nitrogens is 1. The highest BCUT2D eigenvalue weighted by Gasteiger charge is 2.10. The summed E-state index contributed by atoms with van der Waals surface area (Å²) < 4.78 is 0. The van der Waals surface area contributed by atoms with Crippen molar-refractivity contribution in [3.8, 4) is 0 Å². The molecule has 0 spiro atoms. The van der Waals surface area contributed by atoms with E-state index in [1.807, 2.05) is 24.3 Å². The van der Waals surface area contributed by atoms with Crippen LogP contribution in [0.1, 0.15) is 21.7 Å². The summed E-state index contributed by atoms with van der Waals surface area (Å²) in [6.07, 6.45) is 0.0975. The summed E-state index contributed by atoms with van der Waals surface area (Å²) >= 11 is 0. The first-order valence-corrected chi connectivity index (χ1v) is 8.30. The molecule has 0 aliphatic rings. The third-order valence-electron chi connectivity index (χ3n) is 3.85. The van der Waals surface area contributed by atoms with Gasteiger partial charge in [0.15, 0.2) is 0 Å². The van der Waals surface area contributed by atoms with Crippen LogP contribution in [0.5, 0.6) is 0 Å². The normalized spacial score (nSPS) is 10.5. The van der Waals surface area contributed by atoms with Crippen molar-refractivity contribution in [2.24, 2.45) is 0 Å². The van der Waals surface area contributed by atoms with Crippen molar-refractivity contribution in [1.82, 2.24) is 20.6 Å². The average Bonchev–Trinajstić information content (AvgIpc) is 3.07. The van der Waals surface area contributed by atoms with E-state index in [-0.39, 0.29) is 18.9 Å². The summed E-state index contributed by atoms with van der Waals surface area (Å²) in [5.74, 6) is -1.17. The molecule has 0 bridgehead atoms. The smallest absolute Gasteiger partial charge is 0.322 e. The van der Waals surface area contributed by atoms with Crippen LogP contribution in [0, 0.1) is 0 Å². The summed E-state index contributed by atoms with van der Waals surface area (Å²) in [6.45, 7) is -0.187. The number of carboxylic acid groups (broad SMARTS) is 1. The Morgan fingerprint density at radius 2 is 1.85 bits per heavy atom. The second kappa shape index (κ2) is 8.13. The van der Waals surface area contributed by atoms with E-state index in [0.717, 1.165) is 11.0 Å². The third kappa shape index (κ3) is 4.91. The molecule has 138 valence electrons. The monoisotopic (exact) mass is 366 g/mol. The number of carbonyl (C=O) groups is 3. The van der Waals surface area contributed by atoms with E-state index >= 15 is 0 Å². The number of aromatic nitrogens is 2. The largest absolute Gasteiger partial charge is 0.480 e. The molecule has 0 aliphatic heterocycles. The van der Waals surface area contributed by atoms with Gasteiger partial charge in [-0.25, -0.2) is 4.98 Å². The van der Waals surface area contributed by atoms with E-state index in [0.29, 0.717) is 17.0 Å². The van der Waals surface area contributed by atoms with Gasteiger partial charge in [-0.15, -0.1) is 0 Å². The number of rotatable bonds is 7. The Labute approximate surface area is 154 Å². The second-order valence-electron chi connectivity index (χ2n) is 5.93. The number of nitrogens with zero attached hydrogens (tertiary/aromatic N) is 1. The molecule has 2 aromatic carbocycles. The highest BCUT2D eigenvalue weighted by atomic mass is 16.4. The Kier molecular flexibility index (Phi) is 5.46. The van der Waals surface area contributed by atoms with Gasteiger partial charge in [-0.1, -0.05) is 24.3 Å². The van der Waals surface area contributed by atoms with Crippen molar-refractivity contribution in [3.05, 3.63) is 65.5 Å². The van der Waals surface area contributed by atoms with Crippen LogP contribution in [-0.4, -0.2) is 39.4 Å². The number of fused-ring (bicyclic) bond motifs is 1. The van der Waals surface area contributed by atoms with Crippen LogP contribution in [0.3, 0.4) is 0 Å². The van der Waals surface area contributed by atoms with Gasteiger partial charge in [0.2, 0.25) is 5.91 Å². The van der Waals surface area contributed by atoms with Crippen molar-refractivity contribution < 1.29 is 19.5 Å². The van der Waals surface area contributed by atoms with Gasteiger partial charge in [0.05, 0.1) is 24.0 Å². The number of benzene rings is 2. The van der Waals surface area contributed by atoms with Gasteiger partial charge >= 0.3 is 5.97 Å². The predicted molar refractivity (Wildman–Crippen MR) is 98.1 cm³/mol. The van der Waals surface area contributed by atoms with E-state index in [1.165, 1.54) is 0 Å². The van der Waals surface area contributed by atoms with Crippen LogP contribution in [0.25, 0.3) is 11.0 Å². The summed E-state index contributed by atoms with van der Waals surface area (Å²) in [5.41, 5.74) is 2.70. The minimum atomic E-state index is -1.12. The molecule has 0 radical (unpaired) electrons. The summed E-state index contributed by atoms with van der Waals surface area (Å²) in [4.78, 5) is 42.1. The van der Waals surface area contributed by atoms with Crippen molar-refractivity contribution in [3.63, 3.8) is 0 Å². The van der Waals surface area contributed by atoms with Gasteiger partial charge in [-0.3, -0.25) is 14.4 Å². The van der Waals surface area contributed by atoms with Crippen LogP contribution < -0.4 is 10.6 Å². The summed E-state index contributed by atoms with van der Waals surface area (Å²) in [7, 11) is 0. The number of imidazole rings is 1. The number of carbonyl (C=O) groups excluding carboxylic acids is 2. The standard InChI is InChI=1S/C19H18N4O4/c24-17(20-10-16-22-14-6-1-2-7-15(14)23-16)9-12-4-3-5-13(8-12)19(27)21-11-18(25)26/h1-8H,9-11H2,(H,20,24)(H,21,27)(H,22,23)(H,25,26). The maximum absolute atomic E-state index is 12.2. The third-order valence-corrected chi connectivity index (χ3v) is 3.85. The molecule has 0 saturated heterocycles. The number of hydrogen-bond acceptors (Lipinski definition) is 4. The molecular weight excluding hydrogens is 348 g/mol. The van der Waals surface area contributed by atoms with Crippen LogP contribution in [-0.2, 0) is 22.6 Å². The second-order valence-corrected chi connectivity index (χ2v) is 5.93. The lowest BCUT2D eigenvalue weighted by molar-refractivity contribution is -0.135. The number of nitrogens with one attached hydrogen (secondary N) is 3. The van der Waals surface area contributed by atoms with Gasteiger partial charge in [0.1, 0.15) is 12.4 Å². The Bertz CT molecular complexity index is 963. The maximum Gasteiger partial charge on any atom is 0.322 e. The molecule has 3 rings (SSSR count). The van der Waals surface area contributed by atoms with Crippen molar-refractivity contribution in [1.29, 1.82) is 0 Å². The topological polar surface area (TPSA) is 124 Å². The van der Waals surface area contributed by atoms with E-state index in [1.54, 1.807) is 24.3 Å². The highest BCUT2D eigenvalue weighted by Crippen LogP contribution is 2.10. The molecule has 0 unspecified atom stereocenters. The maximum atomic E-state index is 12.2. The molecule has 0 saturated carbocycles. The van der Waals surface area contributed by atoms with Crippen molar-refractivity contribution in [2.75, 3.05) is 6.54 Å². The summed E-state index contributed by atoms with van der Waals surface area (Å²) in [6, 6.07) is 14.1. The molecule has 0 aliphatic carbocycles. The van der Waals surface area contributed by atoms with E-state index in [4.69, 9.17) is 5.11 Å². The molecule has 27 heavy (non-hydrogen) atoms. The van der Waals surface area contributed by atoms with Gasteiger partial charge in [0, 0.05) is 5.56 Å². The zero-order valence-corrected chi connectivity index (χ0v) is 14.4. The fourth-order valence-corrected chi connectivity index (χ4v) is 2.60. The first kappa shape index (κ1) is 18.1. The highest BCUT2D eigenvalue weighted by molar-refractivity contribution is 5.96. The van der Waals surface area contributed by atoms with Crippen LogP contribution in [0.15, 0.2) is 48.5 Å². The first-order valence-electron chi connectivity index (χ1n) is 8.30. The zero-order valence-electron chi connectivity index (χ0n) is 14.4. The van der Waals surface area contributed by atoms with Crippen LogP contribution >= 0.6 is 0 Å². The fourth-order valence-electron chi connectivity index (χ4n) is 2.60. The van der Waals surface area contributed by atoms with Crippen molar-refractivity contribution >= 4 is 28.8 Å². The van der Waals surface area contributed by atoms with Crippen LogP contribution in [0.4, 0.5) is 0 Å². The molecular formula is C19H18N4O4. The Balaban J connectivity index is 1.56. The molecule has 3 aromatic rings. The number of aromatic amines is 1. The predicted octanol–water partition coefficient (Wildman–Crippen LogP) is 1.24. The minimum absolute atomic E-state index is 0.0975. The Morgan fingerprint density at radius 1 is 1.04 bits per heavy atom. The van der Waals surface area contributed by atoms with Gasteiger partial charge < -0.3 is 20.7 Å². The number of para-hydroxylation sites is 2. The molecule has 1 heterocycles. The quantitative estimate of drug-likeness (QED) is 0.501. The fraction of sp³-hybridized carbons (Fsp3) is 0.158. The van der Waals surface area contributed by atoms with E-state index in [9.17, 15) is 14.4 Å². The SMILES string of the molecule is O=C(O)CNC(=O)c1cccc(CC(=O)NCc2nc3ccccc3[nH]2)c1. The van der Waals surface area contributed by atoms with E-state index in [2.05, 4.69) is 20.6 Å². The lowest BCUT2D eigenvalue weighted by Gasteiger charge is -2.06. The van der Waals surface area contributed by atoms with Gasteiger partial charge in [-0.2, -0.15) is 0 Å². The zero-order chi connectivity index (χ0) is 19.2. The molecule has 0 fully saturated rings. The van der Waals surface area contributed by atoms with Crippen LogP contribution in [0.2, 0.25) is 0 Å². The molecule has 2 amide bonds. The average molecular weight is 366 g/mol. The molecule has 4 N–H and O–H groups in total. The molecule has 8 nitrogen and oxygen atoms in total. The Morgan fingerprint density at radius 3 is 2.63 bits per heavy atom. The molecule has 0 atom stereocenters. The number of carboxylic acids is 1. The number of hydrogen-bond donors (Lipinski definition) is 4. The van der Waals surface area contributed by atoms with E-state index < -0.39 is 18.4 Å². The van der Waals surface area contributed by atoms with Gasteiger partial charge in [0.25, 0.3) is 5.91 Å². The summed E-state index contributed by atoms with van der Waals surface area (Å²) in [5, 5.41) is 13.7. The molecule has 1 aromatic heterocycles. The number of aliphatic carboxylic acids is 1. The minimum Gasteiger partial charge on any atom is -0.480 e. The molecule has 8 heteroatoms. The lowest BCUT2D eigenvalue weighted by Crippen LogP contribution is -2.29. The first-order chi connectivity index (χ1) is 13.0. The van der Waals surface area contributed by atoms with Crippen molar-refractivity contribution in [2.45, 2.75) is 13.0 Å².